The molecule has 1 heterocycles. The molecule has 0 unspecified atom stereocenters. The summed E-state index contributed by atoms with van der Waals surface area (Å²) in [5.41, 5.74) is 0.873. The first-order chi connectivity index (χ1) is 12.5. The van der Waals surface area contributed by atoms with Crippen LogP contribution in [0.3, 0.4) is 0 Å². The van der Waals surface area contributed by atoms with Crippen LogP contribution in [0.15, 0.2) is 47.4 Å². The maximum Gasteiger partial charge on any atom is 0.266 e. The number of aliphatic carboxylic acids is 1. The third-order valence-electron chi connectivity index (χ3n) is 4.07. The number of thiocarbonyl (C=S) groups is 1. The van der Waals surface area contributed by atoms with Gasteiger partial charge in [0.25, 0.3) is 5.91 Å². The Kier molecular flexibility index (Phi) is 6.01. The van der Waals surface area contributed by atoms with E-state index in [1.54, 1.807) is 6.08 Å². The van der Waals surface area contributed by atoms with Crippen LogP contribution in [-0.4, -0.2) is 39.1 Å². The predicted molar refractivity (Wildman–Crippen MR) is 111 cm³/mol. The number of amides is 1. The van der Waals surface area contributed by atoms with Crippen LogP contribution in [0.2, 0.25) is 0 Å². The van der Waals surface area contributed by atoms with Crippen molar-refractivity contribution in [1.29, 1.82) is 0 Å². The van der Waals surface area contributed by atoms with Crippen molar-refractivity contribution in [2.75, 3.05) is 12.0 Å². The lowest BCUT2D eigenvalue weighted by molar-refractivity contribution is -0.310. The Morgan fingerprint density at radius 2 is 2.04 bits per heavy atom. The molecule has 1 atom stereocenters. The fraction of sp³-hybridized carbons (Fsp3) is 0.211. The second-order valence-corrected chi connectivity index (χ2v) is 8.44. The monoisotopic (exact) mass is 402 g/mol. The molecule has 0 aromatic heterocycles. The molecule has 1 fully saturated rings. The Morgan fingerprint density at radius 3 is 2.73 bits per heavy atom. The van der Waals surface area contributed by atoms with Crippen molar-refractivity contribution < 1.29 is 14.7 Å². The highest BCUT2D eigenvalue weighted by molar-refractivity contribution is 8.26. The van der Waals surface area contributed by atoms with E-state index in [4.69, 9.17) is 12.2 Å². The largest absolute Gasteiger partial charge is 0.548 e. The predicted octanol–water partition coefficient (Wildman–Crippen LogP) is 2.91. The van der Waals surface area contributed by atoms with Crippen LogP contribution in [0.4, 0.5) is 0 Å². The minimum Gasteiger partial charge on any atom is -0.548 e. The minimum absolute atomic E-state index is 0.261. The summed E-state index contributed by atoms with van der Waals surface area (Å²) in [5, 5.41) is 13.7. The maximum atomic E-state index is 12.7. The van der Waals surface area contributed by atoms with Crippen LogP contribution < -0.4 is 5.11 Å². The van der Waals surface area contributed by atoms with Gasteiger partial charge in [0.15, 0.2) is 0 Å². The highest BCUT2D eigenvalue weighted by atomic mass is 32.2. The molecule has 0 spiro atoms. The fourth-order valence-electron chi connectivity index (χ4n) is 2.78. The molecule has 1 saturated heterocycles. The van der Waals surface area contributed by atoms with Crippen molar-refractivity contribution in [3.05, 3.63) is 52.9 Å². The first-order valence-electron chi connectivity index (χ1n) is 7.97. The lowest BCUT2D eigenvalue weighted by Crippen LogP contribution is -2.50. The summed E-state index contributed by atoms with van der Waals surface area (Å²) < 4.78 is 0.261. The number of nitrogens with zero attached hydrogens (tertiary/aromatic N) is 1. The van der Waals surface area contributed by atoms with Gasteiger partial charge in [0.2, 0.25) is 0 Å². The van der Waals surface area contributed by atoms with Gasteiger partial charge >= 0.3 is 0 Å². The van der Waals surface area contributed by atoms with Gasteiger partial charge in [0, 0.05) is 0 Å². The van der Waals surface area contributed by atoms with E-state index in [1.807, 2.05) is 48.7 Å². The molecule has 2 aromatic carbocycles. The van der Waals surface area contributed by atoms with Gasteiger partial charge in [-0.3, -0.25) is 9.69 Å². The van der Waals surface area contributed by atoms with E-state index in [-0.39, 0.29) is 10.2 Å². The molecule has 4 nitrogen and oxygen atoms in total. The summed E-state index contributed by atoms with van der Waals surface area (Å²) in [6, 6.07) is 12.8. The Balaban J connectivity index is 1.89. The molecule has 0 radical (unpaired) electrons. The topological polar surface area (TPSA) is 60.4 Å². The van der Waals surface area contributed by atoms with Crippen LogP contribution in [0.1, 0.15) is 12.0 Å². The molecule has 3 rings (SSSR count). The van der Waals surface area contributed by atoms with Gasteiger partial charge in [0.1, 0.15) is 4.32 Å². The Bertz CT molecular complexity index is 910. The fourth-order valence-corrected chi connectivity index (χ4v) is 4.60. The van der Waals surface area contributed by atoms with Gasteiger partial charge in [0.05, 0.1) is 16.9 Å². The van der Waals surface area contributed by atoms with E-state index >= 15 is 0 Å². The van der Waals surface area contributed by atoms with E-state index < -0.39 is 12.0 Å². The summed E-state index contributed by atoms with van der Waals surface area (Å²) in [6.45, 7) is 0. The number of carbonyl (C=O) groups excluding carboxylic acids is 2. The maximum absolute atomic E-state index is 12.7. The highest BCUT2D eigenvalue weighted by Gasteiger charge is 2.37. The van der Waals surface area contributed by atoms with Crippen LogP contribution >= 0.6 is 35.7 Å². The number of thioether (sulfide) groups is 2. The molecule has 1 aliphatic rings. The first kappa shape index (κ1) is 18.9. The molecular weight excluding hydrogens is 386 g/mol. The average molecular weight is 403 g/mol. The number of benzene rings is 2. The van der Waals surface area contributed by atoms with Crippen LogP contribution in [0.5, 0.6) is 0 Å². The number of carbonyl (C=O) groups is 2. The molecule has 1 aliphatic heterocycles. The van der Waals surface area contributed by atoms with Crippen molar-refractivity contribution in [2.45, 2.75) is 12.5 Å². The summed E-state index contributed by atoms with van der Waals surface area (Å²) >= 11 is 7.91. The van der Waals surface area contributed by atoms with Gasteiger partial charge in [-0.05, 0) is 46.9 Å². The Hall–Kier alpha value is -1.83. The standard InChI is InChI=1S/C19H17NO3S3/c1-25-9-8-15(18(22)23)20-17(21)16(26-19(20)24)11-12-6-7-13-4-2-3-5-14(13)10-12/h2-7,10-11,15H,8-9H2,1H3,(H,22,23)/p-1/b16-11+/t15-/m0/s1. The second-order valence-electron chi connectivity index (χ2n) is 5.77. The number of rotatable bonds is 6. The van der Waals surface area contributed by atoms with Crippen molar-refractivity contribution in [2.24, 2.45) is 0 Å². The van der Waals surface area contributed by atoms with Crippen molar-refractivity contribution in [1.82, 2.24) is 4.90 Å². The summed E-state index contributed by atoms with van der Waals surface area (Å²) in [4.78, 5) is 25.8. The number of fused-ring (bicyclic) bond motifs is 1. The zero-order valence-corrected chi connectivity index (χ0v) is 16.5. The summed E-state index contributed by atoms with van der Waals surface area (Å²) in [6.07, 6.45) is 3.95. The second kappa shape index (κ2) is 8.24. The molecule has 0 bridgehead atoms. The molecule has 0 saturated carbocycles. The van der Waals surface area contributed by atoms with Gasteiger partial charge < -0.3 is 9.90 Å². The number of hydrogen-bond acceptors (Lipinski definition) is 6. The van der Waals surface area contributed by atoms with Crippen LogP contribution in [0.25, 0.3) is 16.8 Å². The van der Waals surface area contributed by atoms with E-state index in [2.05, 4.69) is 0 Å². The quantitative estimate of drug-likeness (QED) is 0.547. The van der Waals surface area contributed by atoms with Crippen molar-refractivity contribution in [3.63, 3.8) is 0 Å². The smallest absolute Gasteiger partial charge is 0.266 e. The lowest BCUT2D eigenvalue weighted by Gasteiger charge is -2.27. The third kappa shape index (κ3) is 3.95. The van der Waals surface area contributed by atoms with Gasteiger partial charge in [-0.15, -0.1) is 0 Å². The Labute approximate surface area is 165 Å². The molecule has 7 heteroatoms. The van der Waals surface area contributed by atoms with E-state index in [0.717, 1.165) is 28.1 Å². The van der Waals surface area contributed by atoms with Gasteiger partial charge in [-0.25, -0.2) is 0 Å². The average Bonchev–Trinajstić information content (AvgIpc) is 2.89. The first-order valence-corrected chi connectivity index (χ1v) is 10.6. The molecule has 2 aromatic rings. The number of hydrogen-bond donors (Lipinski definition) is 0. The summed E-state index contributed by atoms with van der Waals surface area (Å²) in [5.74, 6) is -1.04. The van der Waals surface area contributed by atoms with Crippen molar-refractivity contribution in [3.8, 4) is 0 Å². The van der Waals surface area contributed by atoms with E-state index in [9.17, 15) is 14.7 Å². The number of carboxylic acid groups (broad SMARTS) is 1. The van der Waals surface area contributed by atoms with E-state index in [1.165, 1.54) is 16.7 Å². The molecule has 134 valence electrons. The number of carboxylic acids is 1. The normalized spacial score (nSPS) is 17.3. The van der Waals surface area contributed by atoms with Gasteiger partial charge in [-0.2, -0.15) is 11.8 Å². The molecule has 0 N–H and O–H groups in total. The molecule has 1 amide bonds. The Morgan fingerprint density at radius 1 is 1.31 bits per heavy atom. The third-order valence-corrected chi connectivity index (χ3v) is 6.05. The zero-order chi connectivity index (χ0) is 18.7. The van der Waals surface area contributed by atoms with Gasteiger partial charge in [-0.1, -0.05) is 60.4 Å². The van der Waals surface area contributed by atoms with Crippen LogP contribution in [0, 0.1) is 0 Å². The summed E-state index contributed by atoms with van der Waals surface area (Å²) in [7, 11) is 0. The van der Waals surface area contributed by atoms with Crippen LogP contribution in [-0.2, 0) is 9.59 Å². The van der Waals surface area contributed by atoms with E-state index in [0.29, 0.717) is 17.1 Å². The van der Waals surface area contributed by atoms with Crippen molar-refractivity contribution >= 4 is 68.8 Å². The highest BCUT2D eigenvalue weighted by Crippen LogP contribution is 2.35. The SMILES string of the molecule is CSCC[C@@H](C(=O)[O-])N1C(=O)/C(=C\c2ccc3ccccc3c2)SC1=S. The lowest BCUT2D eigenvalue weighted by atomic mass is 10.1. The zero-order valence-electron chi connectivity index (χ0n) is 14.0. The molecule has 26 heavy (non-hydrogen) atoms. The molecular formula is C19H16NO3S3-. The minimum atomic E-state index is -1.28. The molecule has 0 aliphatic carbocycles.